The second kappa shape index (κ2) is 6.48. The highest BCUT2D eigenvalue weighted by Crippen LogP contribution is 2.26. The summed E-state index contributed by atoms with van der Waals surface area (Å²) in [5.74, 6) is 5.70. The van der Waals surface area contributed by atoms with E-state index in [0.717, 1.165) is 17.3 Å². The Morgan fingerprint density at radius 1 is 1.39 bits per heavy atom. The average Bonchev–Trinajstić information content (AvgIpc) is 2.87. The fourth-order valence-corrected chi connectivity index (χ4v) is 3.16. The van der Waals surface area contributed by atoms with Crippen molar-refractivity contribution in [2.24, 2.45) is 5.84 Å². The first-order valence-corrected chi connectivity index (χ1v) is 7.62. The van der Waals surface area contributed by atoms with Crippen molar-refractivity contribution in [3.8, 4) is 0 Å². The number of benzene rings is 1. The molecule has 1 aromatic heterocycles. The van der Waals surface area contributed by atoms with E-state index in [-0.39, 0.29) is 6.04 Å². The van der Waals surface area contributed by atoms with Gasteiger partial charge in [-0.05, 0) is 54.5 Å². The second-order valence-electron chi connectivity index (χ2n) is 4.34. The lowest BCUT2D eigenvalue weighted by atomic mass is 9.98. The number of aryl methyl sites for hydroxylation is 2. The Bertz CT molecular complexity index is 497. The van der Waals surface area contributed by atoms with Gasteiger partial charge in [0.15, 0.2) is 0 Å². The molecule has 96 valence electrons. The molecule has 1 heterocycles. The Morgan fingerprint density at radius 2 is 2.22 bits per heavy atom. The Morgan fingerprint density at radius 3 is 2.89 bits per heavy atom. The second-order valence-corrected chi connectivity index (χ2v) is 6.29. The Labute approximate surface area is 120 Å². The van der Waals surface area contributed by atoms with Crippen molar-refractivity contribution >= 4 is 27.3 Å². The SMILES string of the molecule is Cc1ccc(Br)cc1C(CCc1cccs1)NN. The van der Waals surface area contributed by atoms with Crippen LogP contribution in [0.4, 0.5) is 0 Å². The maximum Gasteiger partial charge on any atom is 0.0466 e. The molecule has 1 unspecified atom stereocenters. The van der Waals surface area contributed by atoms with E-state index < -0.39 is 0 Å². The van der Waals surface area contributed by atoms with Crippen LogP contribution in [0.25, 0.3) is 0 Å². The Kier molecular flexibility index (Phi) is 4.95. The van der Waals surface area contributed by atoms with Crippen molar-refractivity contribution in [2.45, 2.75) is 25.8 Å². The van der Waals surface area contributed by atoms with Gasteiger partial charge in [0.1, 0.15) is 0 Å². The zero-order chi connectivity index (χ0) is 13.0. The molecule has 0 aliphatic carbocycles. The number of halogens is 1. The molecule has 0 spiro atoms. The third kappa shape index (κ3) is 3.42. The van der Waals surface area contributed by atoms with Crippen molar-refractivity contribution in [1.29, 1.82) is 0 Å². The van der Waals surface area contributed by atoms with Gasteiger partial charge in [-0.15, -0.1) is 11.3 Å². The van der Waals surface area contributed by atoms with E-state index >= 15 is 0 Å². The molecule has 0 saturated carbocycles. The largest absolute Gasteiger partial charge is 0.271 e. The number of rotatable bonds is 5. The van der Waals surface area contributed by atoms with Crippen molar-refractivity contribution in [3.05, 3.63) is 56.2 Å². The highest BCUT2D eigenvalue weighted by Gasteiger charge is 2.13. The number of hydrogen-bond donors (Lipinski definition) is 2. The molecule has 0 bridgehead atoms. The summed E-state index contributed by atoms with van der Waals surface area (Å²) < 4.78 is 1.10. The van der Waals surface area contributed by atoms with E-state index in [1.165, 1.54) is 16.0 Å². The first-order valence-electron chi connectivity index (χ1n) is 5.95. The van der Waals surface area contributed by atoms with E-state index in [0.29, 0.717) is 0 Å². The zero-order valence-corrected chi connectivity index (χ0v) is 12.7. The Balaban J connectivity index is 2.10. The van der Waals surface area contributed by atoms with E-state index in [2.05, 4.69) is 64.0 Å². The van der Waals surface area contributed by atoms with E-state index in [4.69, 9.17) is 5.84 Å². The van der Waals surface area contributed by atoms with E-state index in [9.17, 15) is 0 Å². The predicted molar refractivity (Wildman–Crippen MR) is 81.6 cm³/mol. The molecular weight excluding hydrogens is 308 g/mol. The van der Waals surface area contributed by atoms with Crippen LogP contribution >= 0.6 is 27.3 Å². The summed E-state index contributed by atoms with van der Waals surface area (Å²) in [5.41, 5.74) is 5.47. The van der Waals surface area contributed by atoms with Gasteiger partial charge < -0.3 is 0 Å². The lowest BCUT2D eigenvalue weighted by Gasteiger charge is -2.18. The third-order valence-electron chi connectivity index (χ3n) is 3.08. The molecule has 3 N–H and O–H groups in total. The van der Waals surface area contributed by atoms with Gasteiger partial charge in [-0.2, -0.15) is 0 Å². The van der Waals surface area contributed by atoms with Crippen LogP contribution in [-0.4, -0.2) is 0 Å². The van der Waals surface area contributed by atoms with Gasteiger partial charge >= 0.3 is 0 Å². The van der Waals surface area contributed by atoms with Gasteiger partial charge in [0.25, 0.3) is 0 Å². The van der Waals surface area contributed by atoms with Crippen LogP contribution in [-0.2, 0) is 6.42 Å². The number of thiophene rings is 1. The van der Waals surface area contributed by atoms with Crippen LogP contribution in [0.3, 0.4) is 0 Å². The summed E-state index contributed by atoms with van der Waals surface area (Å²) in [6.07, 6.45) is 2.06. The smallest absolute Gasteiger partial charge is 0.0466 e. The summed E-state index contributed by atoms with van der Waals surface area (Å²) in [4.78, 5) is 1.41. The van der Waals surface area contributed by atoms with Crippen LogP contribution in [0.1, 0.15) is 28.5 Å². The molecule has 0 radical (unpaired) electrons. The fraction of sp³-hybridized carbons (Fsp3) is 0.286. The molecule has 0 saturated heterocycles. The number of hydrazine groups is 1. The number of nitrogens with two attached hydrogens (primary N) is 1. The normalized spacial score (nSPS) is 12.6. The highest BCUT2D eigenvalue weighted by atomic mass is 79.9. The van der Waals surface area contributed by atoms with Crippen LogP contribution in [0.2, 0.25) is 0 Å². The minimum Gasteiger partial charge on any atom is -0.271 e. The quantitative estimate of drug-likeness (QED) is 0.645. The molecule has 2 aromatic rings. The van der Waals surface area contributed by atoms with Gasteiger partial charge in [-0.25, -0.2) is 0 Å². The van der Waals surface area contributed by atoms with Gasteiger partial charge in [0.05, 0.1) is 0 Å². The number of nitrogens with one attached hydrogen (secondary N) is 1. The van der Waals surface area contributed by atoms with Crippen LogP contribution in [0.15, 0.2) is 40.2 Å². The lowest BCUT2D eigenvalue weighted by Crippen LogP contribution is -2.29. The first-order chi connectivity index (χ1) is 8.70. The first kappa shape index (κ1) is 13.7. The van der Waals surface area contributed by atoms with Crippen molar-refractivity contribution < 1.29 is 0 Å². The van der Waals surface area contributed by atoms with Crippen LogP contribution < -0.4 is 11.3 Å². The molecule has 1 atom stereocenters. The molecule has 1 aromatic carbocycles. The molecule has 0 amide bonds. The fourth-order valence-electron chi connectivity index (χ4n) is 2.06. The maximum atomic E-state index is 5.70. The molecule has 18 heavy (non-hydrogen) atoms. The Hall–Kier alpha value is -0.680. The van der Waals surface area contributed by atoms with Gasteiger partial charge in [0.2, 0.25) is 0 Å². The minimum absolute atomic E-state index is 0.199. The van der Waals surface area contributed by atoms with Gasteiger partial charge in [0, 0.05) is 15.4 Å². The third-order valence-corrected chi connectivity index (χ3v) is 4.51. The van der Waals surface area contributed by atoms with Crippen LogP contribution in [0.5, 0.6) is 0 Å². The molecular formula is C14H17BrN2S. The molecule has 0 fully saturated rings. The summed E-state index contributed by atoms with van der Waals surface area (Å²) in [6, 6.07) is 10.8. The lowest BCUT2D eigenvalue weighted by molar-refractivity contribution is 0.515. The van der Waals surface area contributed by atoms with Crippen LogP contribution in [0, 0.1) is 6.92 Å². The summed E-state index contributed by atoms with van der Waals surface area (Å²) in [7, 11) is 0. The predicted octanol–water partition coefficient (Wildman–Crippen LogP) is 3.96. The number of hydrogen-bond acceptors (Lipinski definition) is 3. The van der Waals surface area contributed by atoms with Crippen molar-refractivity contribution in [1.82, 2.24) is 5.43 Å². The maximum absolute atomic E-state index is 5.70. The van der Waals surface area contributed by atoms with Gasteiger partial charge in [-0.3, -0.25) is 11.3 Å². The summed E-state index contributed by atoms with van der Waals surface area (Å²) >= 11 is 5.32. The minimum atomic E-state index is 0.199. The van der Waals surface area contributed by atoms with Crippen molar-refractivity contribution in [2.75, 3.05) is 0 Å². The molecule has 0 aliphatic rings. The standard InChI is InChI=1S/C14H17BrN2S/c1-10-4-5-11(15)9-13(10)14(17-16)7-6-12-3-2-8-18-12/h2-5,8-9,14,17H,6-7,16H2,1H3. The summed E-state index contributed by atoms with van der Waals surface area (Å²) in [5, 5.41) is 2.12. The molecule has 2 nitrogen and oxygen atoms in total. The topological polar surface area (TPSA) is 38.0 Å². The monoisotopic (exact) mass is 324 g/mol. The molecule has 0 aliphatic heterocycles. The van der Waals surface area contributed by atoms with E-state index in [1.807, 2.05) is 0 Å². The van der Waals surface area contributed by atoms with Crippen molar-refractivity contribution in [3.63, 3.8) is 0 Å². The average molecular weight is 325 g/mol. The van der Waals surface area contributed by atoms with Gasteiger partial charge in [-0.1, -0.05) is 28.1 Å². The van der Waals surface area contributed by atoms with E-state index in [1.54, 1.807) is 11.3 Å². The zero-order valence-electron chi connectivity index (χ0n) is 10.3. The molecule has 2 rings (SSSR count). The highest BCUT2D eigenvalue weighted by molar-refractivity contribution is 9.10. The molecule has 4 heteroatoms. The summed E-state index contributed by atoms with van der Waals surface area (Å²) in [6.45, 7) is 2.12.